The minimum Gasteiger partial charge on any atom is -0.314 e. The van der Waals surface area contributed by atoms with E-state index in [1.54, 1.807) is 11.9 Å². The van der Waals surface area contributed by atoms with E-state index in [9.17, 15) is 0 Å². The van der Waals surface area contributed by atoms with Gasteiger partial charge in [-0.1, -0.05) is 13.0 Å². The topological polar surface area (TPSA) is 24.4 Å². The van der Waals surface area contributed by atoms with Gasteiger partial charge in [0.2, 0.25) is 0 Å². The van der Waals surface area contributed by atoms with Crippen LogP contribution in [0.2, 0.25) is 0 Å². The molecule has 2 rings (SSSR count). The Morgan fingerprint density at radius 3 is 3.07 bits per heavy atom. The Kier molecular flexibility index (Phi) is 2.77. The summed E-state index contributed by atoms with van der Waals surface area (Å²) in [5.41, 5.74) is 2.38. The summed E-state index contributed by atoms with van der Waals surface area (Å²) in [7, 11) is 0. The van der Waals surface area contributed by atoms with Gasteiger partial charge < -0.3 is 4.72 Å². The third-order valence-corrected chi connectivity index (χ3v) is 3.04. The predicted octanol–water partition coefficient (Wildman–Crippen LogP) is 3.44. The SMILES string of the molecule is CCCC1=Nc2cc(C)ccc2SN1. The van der Waals surface area contributed by atoms with Crippen molar-refractivity contribution >= 4 is 23.5 Å². The van der Waals surface area contributed by atoms with Crippen molar-refractivity contribution in [1.82, 2.24) is 4.72 Å². The largest absolute Gasteiger partial charge is 0.314 e. The van der Waals surface area contributed by atoms with E-state index < -0.39 is 0 Å². The summed E-state index contributed by atoms with van der Waals surface area (Å²) in [5.74, 6) is 1.09. The van der Waals surface area contributed by atoms with Gasteiger partial charge in [0, 0.05) is 6.42 Å². The maximum atomic E-state index is 4.58. The quantitative estimate of drug-likeness (QED) is 0.750. The van der Waals surface area contributed by atoms with Crippen LogP contribution in [0.25, 0.3) is 0 Å². The molecule has 3 heteroatoms. The van der Waals surface area contributed by atoms with Crippen LogP contribution in [0, 0.1) is 6.92 Å². The maximum Gasteiger partial charge on any atom is 0.112 e. The predicted molar refractivity (Wildman–Crippen MR) is 62.2 cm³/mol. The van der Waals surface area contributed by atoms with Crippen LogP contribution in [0.5, 0.6) is 0 Å². The van der Waals surface area contributed by atoms with E-state index in [-0.39, 0.29) is 0 Å². The molecule has 2 nitrogen and oxygen atoms in total. The van der Waals surface area contributed by atoms with Crippen molar-refractivity contribution in [2.24, 2.45) is 4.99 Å². The molecule has 0 saturated carbocycles. The lowest BCUT2D eigenvalue weighted by Gasteiger charge is -2.16. The van der Waals surface area contributed by atoms with Gasteiger partial charge in [0.1, 0.15) is 5.84 Å². The molecule has 74 valence electrons. The van der Waals surface area contributed by atoms with E-state index in [0.29, 0.717) is 0 Å². The van der Waals surface area contributed by atoms with Gasteiger partial charge in [0.05, 0.1) is 10.6 Å². The Labute approximate surface area is 89.0 Å². The third kappa shape index (κ3) is 1.93. The minimum absolute atomic E-state index is 1.03. The smallest absolute Gasteiger partial charge is 0.112 e. The second kappa shape index (κ2) is 4.05. The Morgan fingerprint density at radius 2 is 2.29 bits per heavy atom. The number of fused-ring (bicyclic) bond motifs is 1. The van der Waals surface area contributed by atoms with Gasteiger partial charge in [-0.15, -0.1) is 0 Å². The van der Waals surface area contributed by atoms with E-state index in [1.165, 1.54) is 10.5 Å². The van der Waals surface area contributed by atoms with Crippen molar-refractivity contribution in [3.05, 3.63) is 23.8 Å². The number of nitrogens with zero attached hydrogens (tertiary/aromatic N) is 1. The highest BCUT2D eigenvalue weighted by Gasteiger charge is 2.10. The van der Waals surface area contributed by atoms with Gasteiger partial charge in [0.15, 0.2) is 0 Å². The first kappa shape index (κ1) is 9.59. The van der Waals surface area contributed by atoms with Crippen LogP contribution in [0.3, 0.4) is 0 Å². The van der Waals surface area contributed by atoms with Crippen molar-refractivity contribution in [3.63, 3.8) is 0 Å². The summed E-state index contributed by atoms with van der Waals surface area (Å²) in [6.45, 7) is 4.27. The van der Waals surface area contributed by atoms with Crippen LogP contribution >= 0.6 is 11.9 Å². The molecule has 0 atom stereocenters. The summed E-state index contributed by atoms with van der Waals surface area (Å²) >= 11 is 1.66. The molecule has 0 unspecified atom stereocenters. The van der Waals surface area contributed by atoms with Crippen molar-refractivity contribution in [1.29, 1.82) is 0 Å². The number of hydrogen-bond donors (Lipinski definition) is 1. The van der Waals surface area contributed by atoms with Crippen LogP contribution in [0.1, 0.15) is 25.3 Å². The first-order chi connectivity index (χ1) is 6.79. The van der Waals surface area contributed by atoms with E-state index in [1.807, 2.05) is 0 Å². The number of nitrogens with one attached hydrogen (secondary N) is 1. The molecule has 1 N–H and O–H groups in total. The zero-order chi connectivity index (χ0) is 9.97. The molecule has 1 aliphatic heterocycles. The van der Waals surface area contributed by atoms with Crippen LogP contribution in [0.15, 0.2) is 28.1 Å². The van der Waals surface area contributed by atoms with Gasteiger partial charge in [-0.2, -0.15) is 0 Å². The van der Waals surface area contributed by atoms with Gasteiger partial charge >= 0.3 is 0 Å². The molecule has 1 heterocycles. The molecule has 0 radical (unpaired) electrons. The monoisotopic (exact) mass is 206 g/mol. The second-order valence-corrected chi connectivity index (χ2v) is 4.33. The highest BCUT2D eigenvalue weighted by atomic mass is 32.2. The molecule has 0 aromatic heterocycles. The highest BCUT2D eigenvalue weighted by molar-refractivity contribution is 7.98. The zero-order valence-corrected chi connectivity index (χ0v) is 9.32. The molecule has 0 saturated heterocycles. The lowest BCUT2D eigenvalue weighted by molar-refractivity contribution is 0.970. The molecule has 0 bridgehead atoms. The Bertz CT molecular complexity index is 372. The highest BCUT2D eigenvalue weighted by Crippen LogP contribution is 2.32. The van der Waals surface area contributed by atoms with Crippen molar-refractivity contribution in [2.45, 2.75) is 31.6 Å². The molecular weight excluding hydrogens is 192 g/mol. The average molecular weight is 206 g/mol. The fourth-order valence-electron chi connectivity index (χ4n) is 1.43. The molecule has 1 aliphatic rings. The molecule has 0 fully saturated rings. The standard InChI is InChI=1S/C11H14N2S/c1-3-4-11-12-9-7-8(2)5-6-10(9)14-13-11/h5-7H,3-4H2,1-2H3,(H,12,13). The number of hydrogen-bond acceptors (Lipinski definition) is 3. The maximum absolute atomic E-state index is 4.58. The molecule has 0 amide bonds. The van der Waals surface area contributed by atoms with E-state index in [0.717, 1.165) is 24.4 Å². The summed E-state index contributed by atoms with van der Waals surface area (Å²) < 4.78 is 3.26. The van der Waals surface area contributed by atoms with Crippen molar-refractivity contribution in [3.8, 4) is 0 Å². The summed E-state index contributed by atoms with van der Waals surface area (Å²) in [4.78, 5) is 5.80. The number of aryl methyl sites for hydroxylation is 1. The number of aliphatic imine (C=N–C) groups is 1. The Hall–Kier alpha value is -0.960. The summed E-state index contributed by atoms with van der Waals surface area (Å²) in [6, 6.07) is 6.38. The molecule has 1 aromatic rings. The minimum atomic E-state index is 1.03. The van der Waals surface area contributed by atoms with Gasteiger partial charge in [-0.05, 0) is 43.0 Å². The number of rotatable bonds is 2. The van der Waals surface area contributed by atoms with Crippen LogP contribution in [-0.2, 0) is 0 Å². The van der Waals surface area contributed by atoms with Gasteiger partial charge in [-0.3, -0.25) is 0 Å². The molecule has 1 aromatic carbocycles. The van der Waals surface area contributed by atoms with E-state index in [4.69, 9.17) is 0 Å². The van der Waals surface area contributed by atoms with Gasteiger partial charge in [0.25, 0.3) is 0 Å². The first-order valence-electron chi connectivity index (χ1n) is 4.90. The lowest BCUT2D eigenvalue weighted by atomic mass is 10.2. The van der Waals surface area contributed by atoms with Crippen LogP contribution in [0.4, 0.5) is 5.69 Å². The zero-order valence-electron chi connectivity index (χ0n) is 8.50. The third-order valence-electron chi connectivity index (χ3n) is 2.14. The average Bonchev–Trinajstić information content (AvgIpc) is 2.17. The van der Waals surface area contributed by atoms with Gasteiger partial charge in [-0.25, -0.2) is 4.99 Å². The fourth-order valence-corrected chi connectivity index (χ4v) is 2.15. The molecule has 14 heavy (non-hydrogen) atoms. The molecule has 0 aliphatic carbocycles. The van der Waals surface area contributed by atoms with Crippen LogP contribution < -0.4 is 4.72 Å². The summed E-state index contributed by atoms with van der Waals surface area (Å²) in [6.07, 6.45) is 2.16. The molecular formula is C11H14N2S. The number of benzene rings is 1. The van der Waals surface area contributed by atoms with Crippen molar-refractivity contribution in [2.75, 3.05) is 0 Å². The fraction of sp³-hybridized carbons (Fsp3) is 0.364. The van der Waals surface area contributed by atoms with Crippen LogP contribution in [-0.4, -0.2) is 5.84 Å². The Morgan fingerprint density at radius 1 is 1.43 bits per heavy atom. The van der Waals surface area contributed by atoms with E-state index in [2.05, 4.69) is 41.8 Å². The van der Waals surface area contributed by atoms with Crippen molar-refractivity contribution < 1.29 is 0 Å². The molecule has 0 spiro atoms. The second-order valence-electron chi connectivity index (χ2n) is 3.48. The normalized spacial score (nSPS) is 14.3. The number of amidine groups is 1. The first-order valence-corrected chi connectivity index (χ1v) is 5.72. The summed E-state index contributed by atoms with van der Waals surface area (Å²) in [5, 5.41) is 0. The van der Waals surface area contributed by atoms with E-state index >= 15 is 0 Å². The lowest BCUT2D eigenvalue weighted by Crippen LogP contribution is -2.17. The Balaban J connectivity index is 2.32.